The number of amidine groups is 1. The number of halogens is 1. The van der Waals surface area contributed by atoms with Crippen LogP contribution in [0.5, 0.6) is 11.5 Å². The first-order chi connectivity index (χ1) is 24.4. The van der Waals surface area contributed by atoms with E-state index in [0.29, 0.717) is 42.4 Å². The van der Waals surface area contributed by atoms with Crippen LogP contribution in [-0.4, -0.2) is 43.8 Å². The standard InChI is InChI=1S/C40H47FN6O3Si/c1-40(2,3)51(4,5)50-32-20-18-31(19-21-32)36-28-47-38(34(44-36)26-29-15-11-10-12-16-29)45-35(39(47)48)27-30-17-22-37(33(41)25-30)49-24-14-9-7-6-8-13-23-43-46-42/h10-12,15-22,25,27-28H,6-9,13-14,23-24,26H2,1-5H3. The molecule has 0 atom stereocenters. The van der Waals surface area contributed by atoms with E-state index in [0.717, 1.165) is 55.4 Å². The second-order valence-electron chi connectivity index (χ2n) is 14.4. The van der Waals surface area contributed by atoms with E-state index in [1.807, 2.05) is 54.6 Å². The molecule has 11 heteroatoms. The fraction of sp³-hybridized carbons (Fsp3) is 0.375. The fourth-order valence-electron chi connectivity index (χ4n) is 5.49. The van der Waals surface area contributed by atoms with Gasteiger partial charge in [-0.2, -0.15) is 0 Å². The quantitative estimate of drug-likeness (QED) is 0.0369. The first kappa shape index (κ1) is 37.3. The Bertz CT molecular complexity index is 1870. The molecule has 0 spiro atoms. The zero-order valence-electron chi connectivity index (χ0n) is 30.2. The van der Waals surface area contributed by atoms with Crippen LogP contribution in [0.25, 0.3) is 22.2 Å². The number of carbonyl (C=O) groups excluding carboxylic acids is 1. The number of rotatable bonds is 16. The molecule has 0 saturated carbocycles. The van der Waals surface area contributed by atoms with Crippen molar-refractivity contribution in [3.05, 3.63) is 118 Å². The number of ether oxygens (including phenoxy) is 1. The van der Waals surface area contributed by atoms with E-state index >= 15 is 4.39 Å². The Balaban J connectivity index is 1.29. The highest BCUT2D eigenvalue weighted by atomic mass is 28.4. The minimum Gasteiger partial charge on any atom is -0.544 e. The lowest BCUT2D eigenvalue weighted by Gasteiger charge is -2.36. The third-order valence-corrected chi connectivity index (χ3v) is 13.8. The number of hydrogen-bond acceptors (Lipinski definition) is 6. The molecule has 3 aromatic rings. The normalized spacial score (nSPS) is 15.2. The number of hydrogen-bond donors (Lipinski definition) is 0. The van der Waals surface area contributed by atoms with Crippen molar-refractivity contribution in [2.45, 2.75) is 83.8 Å². The molecule has 9 nitrogen and oxygen atoms in total. The molecule has 3 aromatic carbocycles. The predicted octanol–water partition coefficient (Wildman–Crippen LogP) is 10.5. The smallest absolute Gasteiger partial charge is 0.282 e. The second-order valence-corrected chi connectivity index (χ2v) is 19.1. The number of azide groups is 1. The van der Waals surface area contributed by atoms with Crippen molar-refractivity contribution in [3.63, 3.8) is 0 Å². The van der Waals surface area contributed by atoms with Crippen molar-refractivity contribution in [2.24, 2.45) is 15.1 Å². The molecular formula is C40H47FN6O3Si. The van der Waals surface area contributed by atoms with Crippen LogP contribution < -0.4 is 9.16 Å². The lowest BCUT2D eigenvalue weighted by atomic mass is 10.0. The van der Waals surface area contributed by atoms with E-state index in [1.165, 1.54) is 6.07 Å². The number of unbranched alkanes of at least 4 members (excludes halogenated alkanes) is 5. The van der Waals surface area contributed by atoms with Crippen molar-refractivity contribution in [2.75, 3.05) is 13.2 Å². The summed E-state index contributed by atoms with van der Waals surface area (Å²) in [7, 11) is -2.00. The van der Waals surface area contributed by atoms with Crippen LogP contribution in [0.15, 0.2) is 99.8 Å². The minimum atomic E-state index is -2.00. The van der Waals surface area contributed by atoms with Crippen LogP contribution in [0, 0.1) is 5.82 Å². The average molecular weight is 707 g/mol. The van der Waals surface area contributed by atoms with Gasteiger partial charge in [-0.25, -0.2) is 14.4 Å². The van der Waals surface area contributed by atoms with Crippen LogP contribution in [0.1, 0.15) is 76.0 Å². The zero-order chi connectivity index (χ0) is 36.4. The van der Waals surface area contributed by atoms with Crippen molar-refractivity contribution in [1.29, 1.82) is 0 Å². The van der Waals surface area contributed by atoms with Gasteiger partial charge in [0, 0.05) is 29.6 Å². The molecule has 0 N–H and O–H groups in total. The van der Waals surface area contributed by atoms with Gasteiger partial charge >= 0.3 is 0 Å². The van der Waals surface area contributed by atoms with E-state index in [9.17, 15) is 4.79 Å². The molecule has 2 aliphatic heterocycles. The first-order valence-corrected chi connectivity index (χ1v) is 20.6. The SMILES string of the molecule is CC(C)(C)[Si](C)(C)Oc1ccc(C2=CN3C(=O)C(=Cc4ccc(OCCCCCCCCN=[N+]=[N-])c(F)c4)N=C3C(Cc3ccccc3)=N2)cc1. The van der Waals surface area contributed by atoms with E-state index in [-0.39, 0.29) is 22.4 Å². The summed E-state index contributed by atoms with van der Waals surface area (Å²) in [6.45, 7) is 12.0. The molecule has 266 valence electrons. The monoisotopic (exact) mass is 706 g/mol. The number of fused-ring (bicyclic) bond motifs is 1. The second kappa shape index (κ2) is 16.8. The van der Waals surface area contributed by atoms with Gasteiger partial charge < -0.3 is 9.16 Å². The summed E-state index contributed by atoms with van der Waals surface area (Å²) in [6.07, 6.45) is 9.65. The summed E-state index contributed by atoms with van der Waals surface area (Å²) in [4.78, 5) is 27.8. The van der Waals surface area contributed by atoms with Crippen molar-refractivity contribution in [3.8, 4) is 11.5 Å². The highest BCUT2D eigenvalue weighted by Crippen LogP contribution is 2.38. The molecule has 5 rings (SSSR count). The summed E-state index contributed by atoms with van der Waals surface area (Å²) >= 11 is 0. The Labute approximate surface area is 301 Å². The maximum Gasteiger partial charge on any atom is 0.282 e. The van der Waals surface area contributed by atoms with Gasteiger partial charge in [-0.05, 0) is 90.1 Å². The third kappa shape index (κ3) is 9.83. The lowest BCUT2D eigenvalue weighted by molar-refractivity contribution is -0.120. The zero-order valence-corrected chi connectivity index (χ0v) is 31.2. The molecule has 2 heterocycles. The number of aliphatic imine (C=N–C) groups is 2. The molecule has 0 unspecified atom stereocenters. The summed E-state index contributed by atoms with van der Waals surface area (Å²) < 4.78 is 27.2. The molecule has 0 fully saturated rings. The van der Waals surface area contributed by atoms with Crippen molar-refractivity contribution < 1.29 is 18.3 Å². The Morgan fingerprint density at radius 1 is 0.941 bits per heavy atom. The molecule has 0 aromatic heterocycles. The van der Waals surface area contributed by atoms with Crippen molar-refractivity contribution >= 4 is 37.5 Å². The molecule has 0 bridgehead atoms. The summed E-state index contributed by atoms with van der Waals surface area (Å²) in [6, 6.07) is 22.5. The summed E-state index contributed by atoms with van der Waals surface area (Å²) in [5, 5.41) is 3.62. The molecule has 51 heavy (non-hydrogen) atoms. The summed E-state index contributed by atoms with van der Waals surface area (Å²) in [5.41, 5.74) is 12.3. The van der Waals surface area contributed by atoms with Gasteiger partial charge in [0.05, 0.1) is 18.0 Å². The molecule has 2 aliphatic rings. The Morgan fingerprint density at radius 3 is 2.33 bits per heavy atom. The molecule has 0 saturated heterocycles. The van der Waals surface area contributed by atoms with Gasteiger partial charge in [0.15, 0.2) is 17.4 Å². The minimum absolute atomic E-state index is 0.0739. The fourth-order valence-corrected chi connectivity index (χ4v) is 6.52. The Hall–Kier alpha value is -4.99. The number of benzene rings is 3. The Morgan fingerprint density at radius 2 is 1.65 bits per heavy atom. The topological polar surface area (TPSA) is 112 Å². The van der Waals surface area contributed by atoms with Crippen molar-refractivity contribution in [1.82, 2.24) is 4.90 Å². The van der Waals surface area contributed by atoms with Gasteiger partial charge in [-0.1, -0.05) is 88.0 Å². The highest BCUT2D eigenvalue weighted by Gasteiger charge is 2.39. The maximum atomic E-state index is 15.1. The van der Waals surface area contributed by atoms with Crippen LogP contribution >= 0.6 is 0 Å². The first-order valence-electron chi connectivity index (χ1n) is 17.7. The Kier molecular flexibility index (Phi) is 12.3. The van der Waals surface area contributed by atoms with Crippen LogP contribution in [-0.2, 0) is 11.2 Å². The van der Waals surface area contributed by atoms with Gasteiger partial charge in [0.25, 0.3) is 5.91 Å². The largest absolute Gasteiger partial charge is 0.544 e. The van der Waals surface area contributed by atoms with Gasteiger partial charge in [0.2, 0.25) is 8.32 Å². The summed E-state index contributed by atoms with van der Waals surface area (Å²) in [5.74, 6) is 0.661. The molecular weight excluding hydrogens is 660 g/mol. The molecule has 1 amide bonds. The predicted molar refractivity (Wildman–Crippen MR) is 206 cm³/mol. The van der Waals surface area contributed by atoms with Crippen LogP contribution in [0.3, 0.4) is 0 Å². The molecule has 0 radical (unpaired) electrons. The van der Waals surface area contributed by atoms with Gasteiger partial charge in [0.1, 0.15) is 11.4 Å². The van der Waals surface area contributed by atoms with Gasteiger partial charge in [-0.15, -0.1) is 0 Å². The third-order valence-electron chi connectivity index (χ3n) is 9.43. The lowest BCUT2D eigenvalue weighted by Crippen LogP contribution is -2.43. The number of nitrogens with zero attached hydrogens (tertiary/aromatic N) is 6. The van der Waals surface area contributed by atoms with E-state index < -0.39 is 14.1 Å². The van der Waals surface area contributed by atoms with E-state index in [4.69, 9.17) is 24.7 Å². The number of carbonyl (C=O) groups is 1. The maximum absolute atomic E-state index is 15.1. The van der Waals surface area contributed by atoms with E-state index in [2.05, 4.69) is 43.9 Å². The highest BCUT2D eigenvalue weighted by molar-refractivity contribution is 6.74. The van der Waals surface area contributed by atoms with E-state index in [1.54, 1.807) is 29.3 Å². The average Bonchev–Trinajstić information content (AvgIpc) is 3.41. The van der Waals surface area contributed by atoms with Crippen LogP contribution in [0.4, 0.5) is 4.39 Å². The number of amides is 1. The van der Waals surface area contributed by atoms with Crippen LogP contribution in [0.2, 0.25) is 18.1 Å². The van der Waals surface area contributed by atoms with Gasteiger partial charge in [-0.3, -0.25) is 9.69 Å². The molecule has 0 aliphatic carbocycles.